The van der Waals surface area contributed by atoms with Crippen molar-refractivity contribution < 1.29 is 19.1 Å². The first-order valence-corrected chi connectivity index (χ1v) is 3.84. The fourth-order valence-corrected chi connectivity index (χ4v) is 0.737. The van der Waals surface area contributed by atoms with Gasteiger partial charge in [0.2, 0.25) is 0 Å². The van der Waals surface area contributed by atoms with Crippen LogP contribution in [0.3, 0.4) is 0 Å². The minimum absolute atomic E-state index is 0. The van der Waals surface area contributed by atoms with Crippen molar-refractivity contribution in [3.63, 3.8) is 0 Å². The minimum atomic E-state index is -0.648. The van der Waals surface area contributed by atoms with Crippen LogP contribution in [0.1, 0.15) is 19.3 Å². The Balaban J connectivity index is 0. The van der Waals surface area contributed by atoms with Gasteiger partial charge in [0.15, 0.2) is 0 Å². The highest BCUT2D eigenvalue weighted by Gasteiger charge is 2.09. The lowest BCUT2D eigenvalue weighted by molar-refractivity contribution is -0.140. The molecule has 0 aromatic heterocycles. The van der Waals surface area contributed by atoms with Crippen LogP contribution in [0.15, 0.2) is 0 Å². The largest absolute Gasteiger partial charge is 0.469 e. The standard InChI is InChI=1S/C8H13NO4.ClH/c1-12-7(10)5-3-4-6(9)8(11)13-2;/h9H,3-5H2,1-2H3;1H. The third-order valence-electron chi connectivity index (χ3n) is 1.47. The SMILES string of the molecule is COC(=O)CCCC(=N)C(=O)OC.Cl. The summed E-state index contributed by atoms with van der Waals surface area (Å²) in [7, 11) is 2.52. The first-order valence-electron chi connectivity index (χ1n) is 3.84. The molecule has 1 N–H and O–H groups in total. The average molecular weight is 224 g/mol. The number of ether oxygens (including phenoxy) is 2. The van der Waals surface area contributed by atoms with E-state index in [1.165, 1.54) is 14.2 Å². The highest BCUT2D eigenvalue weighted by Crippen LogP contribution is 1.99. The molecule has 0 spiro atoms. The van der Waals surface area contributed by atoms with Gasteiger partial charge in [0.1, 0.15) is 5.71 Å². The fourth-order valence-electron chi connectivity index (χ4n) is 0.737. The fraction of sp³-hybridized carbons (Fsp3) is 0.625. The number of methoxy groups -OCH3 is 2. The van der Waals surface area contributed by atoms with Crippen molar-refractivity contribution in [2.45, 2.75) is 19.3 Å². The first kappa shape index (κ1) is 15.4. The topological polar surface area (TPSA) is 76.5 Å². The number of hydrogen-bond donors (Lipinski definition) is 1. The molecule has 0 heterocycles. The Morgan fingerprint density at radius 2 is 1.71 bits per heavy atom. The van der Waals surface area contributed by atoms with Crippen LogP contribution in [0.25, 0.3) is 0 Å². The molecule has 0 aliphatic heterocycles. The van der Waals surface area contributed by atoms with E-state index < -0.39 is 5.97 Å². The summed E-state index contributed by atoms with van der Waals surface area (Å²) in [5.41, 5.74) is -0.119. The summed E-state index contributed by atoms with van der Waals surface area (Å²) in [6, 6.07) is 0. The molecule has 6 heteroatoms. The van der Waals surface area contributed by atoms with Gasteiger partial charge in [-0.15, -0.1) is 12.4 Å². The van der Waals surface area contributed by atoms with Crippen molar-refractivity contribution in [1.29, 1.82) is 5.41 Å². The predicted molar refractivity (Wildman–Crippen MR) is 52.9 cm³/mol. The van der Waals surface area contributed by atoms with Crippen LogP contribution in [0.2, 0.25) is 0 Å². The molecule has 0 aliphatic carbocycles. The summed E-state index contributed by atoms with van der Waals surface area (Å²) in [6.45, 7) is 0. The first-order chi connectivity index (χ1) is 6.11. The second-order valence-corrected chi connectivity index (χ2v) is 2.40. The predicted octanol–water partition coefficient (Wildman–Crippen LogP) is 0.944. The van der Waals surface area contributed by atoms with Gasteiger partial charge in [-0.2, -0.15) is 0 Å². The number of carbonyl (C=O) groups is 2. The highest BCUT2D eigenvalue weighted by atomic mass is 35.5. The van der Waals surface area contributed by atoms with Crippen molar-refractivity contribution in [2.24, 2.45) is 0 Å². The molecule has 0 aromatic carbocycles. The summed E-state index contributed by atoms with van der Waals surface area (Å²) in [5.74, 6) is -0.984. The van der Waals surface area contributed by atoms with Crippen LogP contribution >= 0.6 is 12.4 Å². The van der Waals surface area contributed by atoms with Crippen LogP contribution in [0.5, 0.6) is 0 Å². The Labute approximate surface area is 88.7 Å². The molecule has 0 aliphatic rings. The lowest BCUT2D eigenvalue weighted by Crippen LogP contribution is -2.14. The zero-order valence-corrected chi connectivity index (χ0v) is 8.98. The number of nitrogens with one attached hydrogen (secondary N) is 1. The van der Waals surface area contributed by atoms with Crippen LogP contribution in [0, 0.1) is 5.41 Å². The molecule has 0 unspecified atom stereocenters. The van der Waals surface area contributed by atoms with Gasteiger partial charge >= 0.3 is 11.9 Å². The van der Waals surface area contributed by atoms with Gasteiger partial charge in [0.25, 0.3) is 0 Å². The average Bonchev–Trinajstić information content (AvgIpc) is 2.15. The summed E-state index contributed by atoms with van der Waals surface area (Å²) in [6.07, 6.45) is 0.887. The number of esters is 2. The van der Waals surface area contributed by atoms with Crippen molar-refractivity contribution in [3.05, 3.63) is 0 Å². The monoisotopic (exact) mass is 223 g/mol. The van der Waals surface area contributed by atoms with Crippen molar-refractivity contribution in [3.8, 4) is 0 Å². The van der Waals surface area contributed by atoms with Crippen molar-refractivity contribution >= 4 is 30.1 Å². The Morgan fingerprint density at radius 1 is 1.14 bits per heavy atom. The molecule has 0 aromatic rings. The van der Waals surface area contributed by atoms with Gasteiger partial charge in [-0.05, 0) is 12.8 Å². The summed E-state index contributed by atoms with van der Waals surface area (Å²) >= 11 is 0. The van der Waals surface area contributed by atoms with Gasteiger partial charge in [-0.3, -0.25) is 10.2 Å². The number of rotatable bonds is 5. The molecule has 0 amide bonds. The van der Waals surface area contributed by atoms with E-state index in [1.54, 1.807) is 0 Å². The zero-order chi connectivity index (χ0) is 10.3. The Kier molecular flexibility index (Phi) is 9.33. The summed E-state index contributed by atoms with van der Waals surface area (Å²) in [5, 5.41) is 7.17. The molecule has 0 saturated heterocycles. The molecule has 0 radical (unpaired) electrons. The Bertz CT molecular complexity index is 217. The molecule has 0 bridgehead atoms. The van der Waals surface area contributed by atoms with Crippen molar-refractivity contribution in [2.75, 3.05) is 14.2 Å². The number of carbonyl (C=O) groups excluding carboxylic acids is 2. The second kappa shape index (κ2) is 8.50. The third-order valence-corrected chi connectivity index (χ3v) is 1.47. The van der Waals surface area contributed by atoms with E-state index >= 15 is 0 Å². The molecule has 0 saturated carbocycles. The molecule has 5 nitrogen and oxygen atoms in total. The van der Waals surface area contributed by atoms with Crippen LogP contribution in [-0.4, -0.2) is 31.9 Å². The maximum atomic E-state index is 10.7. The van der Waals surface area contributed by atoms with E-state index in [4.69, 9.17) is 5.41 Å². The lowest BCUT2D eigenvalue weighted by Gasteiger charge is -2.00. The molecule has 0 atom stereocenters. The summed E-state index contributed by atoms with van der Waals surface area (Å²) in [4.78, 5) is 21.3. The second-order valence-electron chi connectivity index (χ2n) is 2.40. The van der Waals surface area contributed by atoms with E-state index in [0.717, 1.165) is 0 Å². The normalized spacial score (nSPS) is 8.43. The van der Waals surface area contributed by atoms with E-state index in [9.17, 15) is 9.59 Å². The smallest absolute Gasteiger partial charge is 0.351 e. The van der Waals surface area contributed by atoms with Gasteiger partial charge in [0.05, 0.1) is 14.2 Å². The van der Waals surface area contributed by atoms with Crippen LogP contribution in [-0.2, 0) is 19.1 Å². The quantitative estimate of drug-likeness (QED) is 0.556. The molecule has 14 heavy (non-hydrogen) atoms. The van der Waals surface area contributed by atoms with Crippen LogP contribution in [0.4, 0.5) is 0 Å². The van der Waals surface area contributed by atoms with Gasteiger partial charge < -0.3 is 9.47 Å². The van der Waals surface area contributed by atoms with E-state index in [0.29, 0.717) is 6.42 Å². The highest BCUT2D eigenvalue weighted by molar-refractivity contribution is 6.34. The Morgan fingerprint density at radius 3 is 2.14 bits per heavy atom. The molecular weight excluding hydrogens is 210 g/mol. The van der Waals surface area contributed by atoms with Gasteiger partial charge in [-0.25, -0.2) is 4.79 Å². The molecular formula is C8H14ClNO4. The Hall–Kier alpha value is -1.10. The van der Waals surface area contributed by atoms with Gasteiger partial charge in [-0.1, -0.05) is 0 Å². The molecule has 82 valence electrons. The maximum Gasteiger partial charge on any atom is 0.351 e. The lowest BCUT2D eigenvalue weighted by atomic mass is 10.2. The zero-order valence-electron chi connectivity index (χ0n) is 8.16. The van der Waals surface area contributed by atoms with E-state index in [2.05, 4.69) is 9.47 Å². The van der Waals surface area contributed by atoms with E-state index in [1.807, 2.05) is 0 Å². The molecule has 0 fully saturated rings. The van der Waals surface area contributed by atoms with Crippen LogP contribution < -0.4 is 0 Å². The summed E-state index contributed by atoms with van der Waals surface area (Å²) < 4.78 is 8.71. The van der Waals surface area contributed by atoms with E-state index in [-0.39, 0.29) is 36.9 Å². The number of halogens is 1. The van der Waals surface area contributed by atoms with Crippen molar-refractivity contribution in [1.82, 2.24) is 0 Å². The maximum absolute atomic E-state index is 10.7. The van der Waals surface area contributed by atoms with Gasteiger partial charge in [0, 0.05) is 6.42 Å². The number of hydrogen-bond acceptors (Lipinski definition) is 5. The minimum Gasteiger partial charge on any atom is -0.469 e. The third kappa shape index (κ3) is 6.42. The molecule has 0 rings (SSSR count).